The first-order valence-corrected chi connectivity index (χ1v) is 7.35. The number of rotatable bonds is 11. The Morgan fingerprint density at radius 3 is 2.33 bits per heavy atom. The molecule has 4 nitrogen and oxygen atoms in total. The van der Waals surface area contributed by atoms with Crippen LogP contribution in [-0.2, 0) is 0 Å². The van der Waals surface area contributed by atoms with Crippen LogP contribution in [0.2, 0.25) is 0 Å². The SMILES string of the molecule is CCCCCCCCN(CC)CC(C)C(N)=NO. The van der Waals surface area contributed by atoms with Crippen LogP contribution in [-0.4, -0.2) is 35.6 Å². The van der Waals surface area contributed by atoms with E-state index in [1.54, 1.807) is 0 Å². The summed E-state index contributed by atoms with van der Waals surface area (Å²) in [4.78, 5) is 2.38. The van der Waals surface area contributed by atoms with E-state index in [1.165, 1.54) is 38.5 Å². The highest BCUT2D eigenvalue weighted by molar-refractivity contribution is 5.82. The van der Waals surface area contributed by atoms with Crippen molar-refractivity contribution < 1.29 is 5.21 Å². The molecule has 18 heavy (non-hydrogen) atoms. The first-order valence-electron chi connectivity index (χ1n) is 7.35. The summed E-state index contributed by atoms with van der Waals surface area (Å²) in [6, 6.07) is 0. The molecule has 0 bridgehead atoms. The second-order valence-corrected chi connectivity index (χ2v) is 5.09. The van der Waals surface area contributed by atoms with Gasteiger partial charge in [-0.05, 0) is 19.5 Å². The maximum Gasteiger partial charge on any atom is 0.143 e. The number of hydrogen-bond donors (Lipinski definition) is 2. The van der Waals surface area contributed by atoms with Crippen LogP contribution in [0.25, 0.3) is 0 Å². The van der Waals surface area contributed by atoms with E-state index < -0.39 is 0 Å². The van der Waals surface area contributed by atoms with Crippen molar-refractivity contribution in [3.05, 3.63) is 0 Å². The Kier molecular flexibility index (Phi) is 10.8. The molecule has 0 aromatic rings. The Bertz CT molecular complexity index is 219. The summed E-state index contributed by atoms with van der Waals surface area (Å²) in [5, 5.41) is 11.7. The van der Waals surface area contributed by atoms with Gasteiger partial charge < -0.3 is 15.8 Å². The first kappa shape index (κ1) is 17.2. The van der Waals surface area contributed by atoms with Crippen molar-refractivity contribution in [3.8, 4) is 0 Å². The Hall–Kier alpha value is -0.770. The second kappa shape index (κ2) is 11.3. The van der Waals surface area contributed by atoms with Gasteiger partial charge in [0.25, 0.3) is 0 Å². The lowest BCUT2D eigenvalue weighted by molar-refractivity contribution is 0.259. The van der Waals surface area contributed by atoms with Crippen molar-refractivity contribution in [2.24, 2.45) is 16.8 Å². The van der Waals surface area contributed by atoms with Crippen LogP contribution in [0, 0.1) is 5.92 Å². The zero-order chi connectivity index (χ0) is 13.8. The summed E-state index contributed by atoms with van der Waals surface area (Å²) in [5.74, 6) is 0.450. The summed E-state index contributed by atoms with van der Waals surface area (Å²) in [5.41, 5.74) is 5.60. The fourth-order valence-electron chi connectivity index (χ4n) is 2.07. The second-order valence-electron chi connectivity index (χ2n) is 5.09. The Morgan fingerprint density at radius 1 is 1.17 bits per heavy atom. The predicted molar refractivity (Wildman–Crippen MR) is 78.1 cm³/mol. The molecule has 0 amide bonds. The van der Waals surface area contributed by atoms with Crippen molar-refractivity contribution in [3.63, 3.8) is 0 Å². The van der Waals surface area contributed by atoms with Gasteiger partial charge in [0, 0.05) is 12.5 Å². The first-order chi connectivity index (χ1) is 8.65. The van der Waals surface area contributed by atoms with Gasteiger partial charge in [-0.15, -0.1) is 0 Å². The molecule has 0 heterocycles. The molecule has 0 aliphatic rings. The predicted octanol–water partition coefficient (Wildman–Crippen LogP) is 3.05. The van der Waals surface area contributed by atoms with E-state index in [1.807, 2.05) is 6.92 Å². The third-order valence-corrected chi connectivity index (χ3v) is 3.43. The molecule has 0 saturated carbocycles. The lowest BCUT2D eigenvalue weighted by Gasteiger charge is -2.23. The number of nitrogens with two attached hydrogens (primary N) is 1. The van der Waals surface area contributed by atoms with Crippen LogP contribution in [0.15, 0.2) is 5.16 Å². The fourth-order valence-corrected chi connectivity index (χ4v) is 2.07. The summed E-state index contributed by atoms with van der Waals surface area (Å²) in [7, 11) is 0. The number of nitrogens with zero attached hydrogens (tertiary/aromatic N) is 2. The number of amidine groups is 1. The van der Waals surface area contributed by atoms with Gasteiger partial charge in [-0.3, -0.25) is 0 Å². The van der Waals surface area contributed by atoms with E-state index in [2.05, 4.69) is 23.9 Å². The number of hydrogen-bond acceptors (Lipinski definition) is 3. The van der Waals surface area contributed by atoms with Gasteiger partial charge in [0.05, 0.1) is 0 Å². The van der Waals surface area contributed by atoms with Gasteiger partial charge in [0.1, 0.15) is 5.84 Å². The molecule has 0 aromatic carbocycles. The maximum absolute atomic E-state index is 8.63. The summed E-state index contributed by atoms with van der Waals surface area (Å²) >= 11 is 0. The van der Waals surface area contributed by atoms with Gasteiger partial charge in [-0.1, -0.05) is 58.0 Å². The van der Waals surface area contributed by atoms with Crippen molar-refractivity contribution in [2.75, 3.05) is 19.6 Å². The molecule has 4 heteroatoms. The highest BCUT2D eigenvalue weighted by atomic mass is 16.4. The molecule has 0 aliphatic heterocycles. The van der Waals surface area contributed by atoms with Gasteiger partial charge in [-0.2, -0.15) is 0 Å². The summed E-state index contributed by atoms with van der Waals surface area (Å²) in [6.07, 6.45) is 7.94. The molecule has 0 spiro atoms. The maximum atomic E-state index is 8.63. The molecule has 0 rings (SSSR count). The molecule has 0 aromatic heterocycles. The largest absolute Gasteiger partial charge is 0.409 e. The number of unbranched alkanes of at least 4 members (excludes halogenated alkanes) is 5. The van der Waals surface area contributed by atoms with Crippen molar-refractivity contribution in [1.82, 2.24) is 4.90 Å². The normalized spacial score (nSPS) is 14.1. The van der Waals surface area contributed by atoms with E-state index in [9.17, 15) is 0 Å². The lowest BCUT2D eigenvalue weighted by Crippen LogP contribution is -2.35. The molecule has 0 aliphatic carbocycles. The monoisotopic (exact) mass is 257 g/mol. The lowest BCUT2D eigenvalue weighted by atomic mass is 10.1. The highest BCUT2D eigenvalue weighted by Gasteiger charge is 2.12. The number of oxime groups is 1. The zero-order valence-electron chi connectivity index (χ0n) is 12.4. The average molecular weight is 257 g/mol. The van der Waals surface area contributed by atoms with Crippen LogP contribution < -0.4 is 5.73 Å². The smallest absolute Gasteiger partial charge is 0.143 e. The average Bonchev–Trinajstić information content (AvgIpc) is 2.39. The van der Waals surface area contributed by atoms with E-state index in [-0.39, 0.29) is 5.92 Å². The van der Waals surface area contributed by atoms with E-state index in [0.29, 0.717) is 5.84 Å². The minimum Gasteiger partial charge on any atom is -0.409 e. The third kappa shape index (κ3) is 8.34. The minimum atomic E-state index is 0.120. The Balaban J connectivity index is 3.70. The molecule has 0 radical (unpaired) electrons. The van der Waals surface area contributed by atoms with E-state index in [4.69, 9.17) is 10.9 Å². The standard InChI is InChI=1S/C14H31N3O/c1-4-6-7-8-9-10-11-17(5-2)12-13(3)14(15)16-18/h13,18H,4-12H2,1-3H3,(H2,15,16). The van der Waals surface area contributed by atoms with Crippen LogP contribution in [0.5, 0.6) is 0 Å². The van der Waals surface area contributed by atoms with Crippen molar-refractivity contribution >= 4 is 5.84 Å². The topological polar surface area (TPSA) is 61.8 Å². The van der Waals surface area contributed by atoms with Gasteiger partial charge >= 0.3 is 0 Å². The van der Waals surface area contributed by atoms with Crippen molar-refractivity contribution in [1.29, 1.82) is 0 Å². The van der Waals surface area contributed by atoms with Crippen LogP contribution in [0.1, 0.15) is 59.3 Å². The quantitative estimate of drug-likeness (QED) is 0.197. The highest BCUT2D eigenvalue weighted by Crippen LogP contribution is 2.07. The Labute approximate surface area is 112 Å². The summed E-state index contributed by atoms with van der Waals surface area (Å²) in [6.45, 7) is 9.42. The molecule has 108 valence electrons. The van der Waals surface area contributed by atoms with Gasteiger partial charge in [0.15, 0.2) is 0 Å². The van der Waals surface area contributed by atoms with Gasteiger partial charge in [-0.25, -0.2) is 0 Å². The van der Waals surface area contributed by atoms with Crippen molar-refractivity contribution in [2.45, 2.75) is 59.3 Å². The Morgan fingerprint density at radius 2 is 1.78 bits per heavy atom. The molecule has 0 saturated heterocycles. The minimum absolute atomic E-state index is 0.120. The van der Waals surface area contributed by atoms with Crippen LogP contribution >= 0.6 is 0 Å². The third-order valence-electron chi connectivity index (χ3n) is 3.43. The van der Waals surface area contributed by atoms with Crippen LogP contribution in [0.4, 0.5) is 0 Å². The molecule has 1 atom stereocenters. The molecular weight excluding hydrogens is 226 g/mol. The van der Waals surface area contributed by atoms with E-state index >= 15 is 0 Å². The van der Waals surface area contributed by atoms with E-state index in [0.717, 1.165) is 19.6 Å². The fraction of sp³-hybridized carbons (Fsp3) is 0.929. The molecule has 0 fully saturated rings. The molecule has 3 N–H and O–H groups in total. The van der Waals surface area contributed by atoms with Crippen LogP contribution in [0.3, 0.4) is 0 Å². The summed E-state index contributed by atoms with van der Waals surface area (Å²) < 4.78 is 0. The molecular formula is C14H31N3O. The van der Waals surface area contributed by atoms with Gasteiger partial charge in [0.2, 0.25) is 0 Å². The molecule has 1 unspecified atom stereocenters. The zero-order valence-corrected chi connectivity index (χ0v) is 12.4.